The Morgan fingerprint density at radius 2 is 1.71 bits per heavy atom. The van der Waals surface area contributed by atoms with Crippen molar-refractivity contribution in [2.75, 3.05) is 23.8 Å². The van der Waals surface area contributed by atoms with E-state index < -0.39 is 5.60 Å². The van der Waals surface area contributed by atoms with E-state index in [1.807, 2.05) is 42.5 Å². The molecular weight excluding hydrogens is 472 g/mol. The molecule has 2 heterocycles. The highest BCUT2D eigenvalue weighted by Crippen LogP contribution is 2.57. The summed E-state index contributed by atoms with van der Waals surface area (Å²) in [4.78, 5) is 15.5. The first-order valence-corrected chi connectivity index (χ1v) is 13.3. The molecule has 5 nitrogen and oxygen atoms in total. The Bertz CT molecular complexity index is 1560. The Morgan fingerprint density at radius 3 is 2.53 bits per heavy atom. The number of carbonyl (C=O) groups excluding carboxylic acids is 1. The van der Waals surface area contributed by atoms with Crippen LogP contribution in [0.15, 0.2) is 78.9 Å². The van der Waals surface area contributed by atoms with Crippen LogP contribution in [0.2, 0.25) is 0 Å². The van der Waals surface area contributed by atoms with Crippen molar-refractivity contribution in [2.45, 2.75) is 39.2 Å². The summed E-state index contributed by atoms with van der Waals surface area (Å²) in [6.45, 7) is 7.34. The molecule has 1 unspecified atom stereocenters. The zero-order valence-corrected chi connectivity index (χ0v) is 22.3. The van der Waals surface area contributed by atoms with Crippen LogP contribution in [0, 0.1) is 13.8 Å². The Balaban J connectivity index is 1.50. The van der Waals surface area contributed by atoms with Crippen LogP contribution in [-0.4, -0.2) is 19.6 Å². The van der Waals surface area contributed by atoms with E-state index in [1.54, 1.807) is 0 Å². The first kappa shape index (κ1) is 24.1. The van der Waals surface area contributed by atoms with Gasteiger partial charge < -0.3 is 19.7 Å². The second-order valence-corrected chi connectivity index (χ2v) is 10.3. The molecule has 0 aromatic heterocycles. The van der Waals surface area contributed by atoms with Gasteiger partial charge in [0.1, 0.15) is 11.5 Å². The number of hydrogen-bond acceptors (Lipinski definition) is 5. The van der Waals surface area contributed by atoms with E-state index in [0.29, 0.717) is 17.1 Å². The Hall–Kier alpha value is -4.25. The largest absolute Gasteiger partial charge is 0.456 e. The van der Waals surface area contributed by atoms with Crippen molar-refractivity contribution in [3.8, 4) is 11.5 Å². The first-order valence-electron chi connectivity index (χ1n) is 13.3. The predicted octanol–water partition coefficient (Wildman–Crippen LogP) is 7.85. The van der Waals surface area contributed by atoms with E-state index in [0.717, 1.165) is 58.7 Å². The third-order valence-corrected chi connectivity index (χ3v) is 7.64. The van der Waals surface area contributed by atoms with Crippen LogP contribution in [-0.2, 0) is 10.3 Å². The van der Waals surface area contributed by atoms with Crippen molar-refractivity contribution in [1.29, 1.82) is 0 Å². The molecule has 38 heavy (non-hydrogen) atoms. The maximum atomic E-state index is 13.2. The van der Waals surface area contributed by atoms with Crippen molar-refractivity contribution in [2.24, 2.45) is 0 Å². The Labute approximate surface area is 224 Å². The molecule has 4 aromatic rings. The Morgan fingerprint density at radius 1 is 0.868 bits per heavy atom. The molecule has 2 aliphatic heterocycles. The molecule has 0 amide bonds. The molecule has 0 bridgehead atoms. The number of fused-ring (bicyclic) bond motifs is 6. The van der Waals surface area contributed by atoms with E-state index in [4.69, 9.17) is 9.47 Å². The molecule has 2 aliphatic rings. The molecule has 1 N–H and O–H groups in total. The third-order valence-electron chi connectivity index (χ3n) is 7.64. The summed E-state index contributed by atoms with van der Waals surface area (Å²) in [5.41, 5.74) is 7.37. The van der Waals surface area contributed by atoms with Gasteiger partial charge in [0.2, 0.25) is 0 Å². The normalized spacial score (nSPS) is 16.8. The van der Waals surface area contributed by atoms with Gasteiger partial charge in [-0.05, 0) is 68.3 Å². The van der Waals surface area contributed by atoms with Crippen LogP contribution >= 0.6 is 0 Å². The van der Waals surface area contributed by atoms with Crippen molar-refractivity contribution in [1.82, 2.24) is 0 Å². The Kier molecular flexibility index (Phi) is 5.87. The van der Waals surface area contributed by atoms with Gasteiger partial charge in [0.05, 0.1) is 5.56 Å². The molecule has 5 heteroatoms. The number of anilines is 3. The topological polar surface area (TPSA) is 50.8 Å². The lowest BCUT2D eigenvalue weighted by molar-refractivity contribution is 0.0224. The lowest BCUT2D eigenvalue weighted by atomic mass is 9.77. The van der Waals surface area contributed by atoms with Crippen LogP contribution in [0.5, 0.6) is 11.5 Å². The standard InChI is InChI=1S/C33H32N2O3/c1-5-6-17-35(4)24-13-14-27-31(20-24)37-30-16-12-23(34-29-15-11-21(2)18-22(29)3)19-28(30)33(27)26-10-8-7-9-25(26)32(36)38-33/h7-16,18-20,34H,5-6,17H2,1-4H3. The summed E-state index contributed by atoms with van der Waals surface area (Å²) in [7, 11) is 2.10. The number of unbranched alkanes of at least 4 members (excludes halogenated alkanes) is 1. The van der Waals surface area contributed by atoms with Gasteiger partial charge in [-0.1, -0.05) is 49.2 Å². The number of benzene rings is 4. The molecule has 192 valence electrons. The third kappa shape index (κ3) is 3.81. The monoisotopic (exact) mass is 504 g/mol. The zero-order chi connectivity index (χ0) is 26.4. The number of rotatable bonds is 6. The fourth-order valence-electron chi connectivity index (χ4n) is 5.61. The van der Waals surface area contributed by atoms with Crippen LogP contribution in [0.4, 0.5) is 17.1 Å². The number of ether oxygens (including phenoxy) is 2. The molecule has 4 aromatic carbocycles. The number of carbonyl (C=O) groups is 1. The van der Waals surface area contributed by atoms with Crippen molar-refractivity contribution in [3.63, 3.8) is 0 Å². The van der Waals surface area contributed by atoms with Gasteiger partial charge in [0, 0.05) is 53.4 Å². The van der Waals surface area contributed by atoms with E-state index >= 15 is 0 Å². The molecule has 1 atom stereocenters. The van der Waals surface area contributed by atoms with E-state index in [9.17, 15) is 4.79 Å². The molecule has 0 saturated carbocycles. The summed E-state index contributed by atoms with van der Waals surface area (Å²) in [5, 5.41) is 3.56. The van der Waals surface area contributed by atoms with Gasteiger partial charge in [-0.15, -0.1) is 0 Å². The predicted molar refractivity (Wildman–Crippen MR) is 152 cm³/mol. The highest BCUT2D eigenvalue weighted by molar-refractivity contribution is 5.97. The minimum Gasteiger partial charge on any atom is -0.456 e. The highest BCUT2D eigenvalue weighted by atomic mass is 16.6. The highest BCUT2D eigenvalue weighted by Gasteiger charge is 2.53. The quantitative estimate of drug-likeness (QED) is 0.271. The van der Waals surface area contributed by atoms with Crippen LogP contribution in [0.1, 0.15) is 57.9 Å². The molecule has 6 rings (SSSR count). The average molecular weight is 505 g/mol. The maximum Gasteiger partial charge on any atom is 0.340 e. The number of nitrogens with zero attached hydrogens (tertiary/aromatic N) is 1. The number of nitrogens with one attached hydrogen (secondary N) is 1. The fourth-order valence-corrected chi connectivity index (χ4v) is 5.61. The van der Waals surface area contributed by atoms with E-state index in [1.165, 1.54) is 5.56 Å². The molecule has 1 spiro atoms. The van der Waals surface area contributed by atoms with Crippen LogP contribution in [0.25, 0.3) is 0 Å². The maximum absolute atomic E-state index is 13.2. The first-order chi connectivity index (χ1) is 18.4. The van der Waals surface area contributed by atoms with Gasteiger partial charge in [-0.3, -0.25) is 0 Å². The van der Waals surface area contributed by atoms with Gasteiger partial charge in [0.15, 0.2) is 5.60 Å². The van der Waals surface area contributed by atoms with Crippen molar-refractivity contribution in [3.05, 3.63) is 112 Å². The number of hydrogen-bond donors (Lipinski definition) is 1. The summed E-state index contributed by atoms with van der Waals surface area (Å²) in [6, 6.07) is 26.2. The van der Waals surface area contributed by atoms with E-state index in [2.05, 4.69) is 74.4 Å². The second kappa shape index (κ2) is 9.25. The minimum atomic E-state index is -1.09. The second-order valence-electron chi connectivity index (χ2n) is 10.3. The van der Waals surface area contributed by atoms with Crippen molar-refractivity contribution < 1.29 is 14.3 Å². The number of esters is 1. The summed E-state index contributed by atoms with van der Waals surface area (Å²) in [6.07, 6.45) is 2.25. The van der Waals surface area contributed by atoms with Gasteiger partial charge >= 0.3 is 5.97 Å². The zero-order valence-electron chi connectivity index (χ0n) is 22.3. The smallest absolute Gasteiger partial charge is 0.340 e. The van der Waals surface area contributed by atoms with Gasteiger partial charge in [-0.2, -0.15) is 0 Å². The summed E-state index contributed by atoms with van der Waals surface area (Å²) < 4.78 is 12.9. The van der Waals surface area contributed by atoms with Crippen LogP contribution < -0.4 is 15.0 Å². The van der Waals surface area contributed by atoms with Gasteiger partial charge in [-0.25, -0.2) is 4.79 Å². The molecule has 0 aliphatic carbocycles. The van der Waals surface area contributed by atoms with Crippen molar-refractivity contribution >= 4 is 23.0 Å². The minimum absolute atomic E-state index is 0.323. The molecule has 0 fully saturated rings. The number of aryl methyl sites for hydroxylation is 2. The molecular formula is C33H32N2O3. The lowest BCUT2D eigenvalue weighted by Gasteiger charge is -2.37. The van der Waals surface area contributed by atoms with Crippen LogP contribution in [0.3, 0.4) is 0 Å². The summed E-state index contributed by atoms with van der Waals surface area (Å²) in [5.74, 6) is 1.07. The van der Waals surface area contributed by atoms with E-state index in [-0.39, 0.29) is 5.97 Å². The molecule has 0 saturated heterocycles. The fraction of sp³-hybridized carbons (Fsp3) is 0.242. The molecule has 0 radical (unpaired) electrons. The average Bonchev–Trinajstić information content (AvgIpc) is 3.22. The lowest BCUT2D eigenvalue weighted by Crippen LogP contribution is -2.33. The SMILES string of the molecule is CCCCN(C)c1ccc2c(c1)Oc1ccc(Nc3ccc(C)cc3C)cc1C21OC(=O)c2ccccc21. The summed E-state index contributed by atoms with van der Waals surface area (Å²) >= 11 is 0. The van der Waals surface area contributed by atoms with Gasteiger partial charge in [0.25, 0.3) is 0 Å².